The van der Waals surface area contributed by atoms with Gasteiger partial charge in [0.1, 0.15) is 6.61 Å². The van der Waals surface area contributed by atoms with Crippen LogP contribution in [0, 0.1) is 0 Å². The van der Waals surface area contributed by atoms with E-state index in [4.69, 9.17) is 10.5 Å². The van der Waals surface area contributed by atoms with Crippen molar-refractivity contribution in [1.29, 1.82) is 0 Å². The number of nitrogens with zero attached hydrogens (tertiary/aromatic N) is 1. The third kappa shape index (κ3) is 5.49. The molecule has 0 radical (unpaired) electrons. The minimum atomic E-state index is 0. The molecule has 1 aliphatic heterocycles. The van der Waals surface area contributed by atoms with E-state index in [2.05, 4.69) is 12.1 Å². The average molecular weight is 299 g/mol. The van der Waals surface area contributed by atoms with E-state index in [0.29, 0.717) is 13.2 Å². The van der Waals surface area contributed by atoms with Crippen molar-refractivity contribution in [1.82, 2.24) is 4.90 Å². The second kappa shape index (κ2) is 8.95. The van der Waals surface area contributed by atoms with Crippen LogP contribution in [0.15, 0.2) is 30.3 Å². The highest BCUT2D eigenvalue weighted by atomic mass is 35.5. The van der Waals surface area contributed by atoms with Crippen LogP contribution >= 0.6 is 12.4 Å². The van der Waals surface area contributed by atoms with Gasteiger partial charge >= 0.3 is 0 Å². The summed E-state index contributed by atoms with van der Waals surface area (Å²) in [5.74, 6) is 0.0585. The molecule has 1 fully saturated rings. The van der Waals surface area contributed by atoms with Gasteiger partial charge in [-0.3, -0.25) is 4.79 Å². The van der Waals surface area contributed by atoms with E-state index in [1.165, 1.54) is 5.56 Å². The molecule has 20 heavy (non-hydrogen) atoms. The molecule has 2 rings (SSSR count). The van der Waals surface area contributed by atoms with E-state index in [9.17, 15) is 4.79 Å². The van der Waals surface area contributed by atoms with Crippen LogP contribution in [0.1, 0.15) is 18.4 Å². The highest BCUT2D eigenvalue weighted by Gasteiger charge is 2.20. The molecule has 5 heteroatoms. The number of amides is 1. The van der Waals surface area contributed by atoms with Gasteiger partial charge in [0.05, 0.1) is 6.61 Å². The zero-order valence-corrected chi connectivity index (χ0v) is 12.5. The third-order valence-electron chi connectivity index (χ3n) is 3.41. The number of hydrogen-bond acceptors (Lipinski definition) is 3. The van der Waals surface area contributed by atoms with Gasteiger partial charge in [-0.2, -0.15) is 0 Å². The standard InChI is InChI=1S/C15H22N2O2.ClH/c16-14-7-4-9-17(11-14)15(18)12-19-10-8-13-5-2-1-3-6-13;/h1-3,5-6,14H,4,7-12,16H2;1H. The average Bonchev–Trinajstić information content (AvgIpc) is 2.44. The second-order valence-corrected chi connectivity index (χ2v) is 5.03. The molecule has 0 saturated carbocycles. The maximum atomic E-state index is 11.9. The van der Waals surface area contributed by atoms with E-state index in [-0.39, 0.29) is 31.0 Å². The van der Waals surface area contributed by atoms with E-state index in [0.717, 1.165) is 25.8 Å². The van der Waals surface area contributed by atoms with Crippen LogP contribution in [0.3, 0.4) is 0 Å². The molecule has 1 saturated heterocycles. The van der Waals surface area contributed by atoms with Gasteiger partial charge in [-0.1, -0.05) is 30.3 Å². The van der Waals surface area contributed by atoms with Crippen molar-refractivity contribution in [2.45, 2.75) is 25.3 Å². The Bertz CT molecular complexity index is 400. The summed E-state index contributed by atoms with van der Waals surface area (Å²) < 4.78 is 5.46. The summed E-state index contributed by atoms with van der Waals surface area (Å²) in [6, 6.07) is 10.3. The van der Waals surface area contributed by atoms with Crippen LogP contribution in [0.2, 0.25) is 0 Å². The van der Waals surface area contributed by atoms with Gasteiger partial charge in [-0.25, -0.2) is 0 Å². The molecule has 2 N–H and O–H groups in total. The molecule has 1 aromatic rings. The van der Waals surface area contributed by atoms with Gasteiger partial charge in [0.15, 0.2) is 0 Å². The Morgan fingerprint density at radius 1 is 1.35 bits per heavy atom. The van der Waals surface area contributed by atoms with Gasteiger partial charge in [-0.05, 0) is 24.8 Å². The maximum Gasteiger partial charge on any atom is 0.248 e. The predicted octanol–water partition coefficient (Wildman–Crippen LogP) is 1.62. The first kappa shape index (κ1) is 17.0. The molecular formula is C15H23ClN2O2. The van der Waals surface area contributed by atoms with Gasteiger partial charge in [0.2, 0.25) is 5.91 Å². The molecule has 112 valence electrons. The molecule has 1 amide bonds. The number of piperidine rings is 1. The van der Waals surface area contributed by atoms with Crippen molar-refractivity contribution < 1.29 is 9.53 Å². The summed E-state index contributed by atoms with van der Waals surface area (Å²) in [6.07, 6.45) is 2.85. The number of hydrogen-bond donors (Lipinski definition) is 1. The number of halogens is 1. The first-order valence-corrected chi connectivity index (χ1v) is 6.91. The van der Waals surface area contributed by atoms with Gasteiger partial charge in [-0.15, -0.1) is 12.4 Å². The number of carbonyl (C=O) groups is 1. The SMILES string of the molecule is Cl.NC1CCCN(C(=O)COCCc2ccccc2)C1. The molecule has 1 atom stereocenters. The number of ether oxygens (including phenoxy) is 1. The van der Waals surface area contributed by atoms with Crippen LogP contribution < -0.4 is 5.73 Å². The van der Waals surface area contributed by atoms with Crippen molar-refractivity contribution in [3.63, 3.8) is 0 Å². The van der Waals surface area contributed by atoms with E-state index in [1.54, 1.807) is 0 Å². The number of rotatable bonds is 5. The third-order valence-corrected chi connectivity index (χ3v) is 3.41. The summed E-state index contributed by atoms with van der Waals surface area (Å²) in [5.41, 5.74) is 7.09. The highest BCUT2D eigenvalue weighted by Crippen LogP contribution is 2.08. The maximum absolute atomic E-state index is 11.9. The smallest absolute Gasteiger partial charge is 0.248 e. The van der Waals surface area contributed by atoms with E-state index >= 15 is 0 Å². The molecule has 4 nitrogen and oxygen atoms in total. The fourth-order valence-corrected chi connectivity index (χ4v) is 2.32. The Morgan fingerprint density at radius 3 is 2.80 bits per heavy atom. The number of likely N-dealkylation sites (tertiary alicyclic amines) is 1. The van der Waals surface area contributed by atoms with Crippen LogP contribution in [0.4, 0.5) is 0 Å². The van der Waals surface area contributed by atoms with Crippen molar-refractivity contribution in [2.24, 2.45) is 5.73 Å². The summed E-state index contributed by atoms with van der Waals surface area (Å²) in [7, 11) is 0. The van der Waals surface area contributed by atoms with E-state index in [1.807, 2.05) is 23.1 Å². The van der Waals surface area contributed by atoms with Crippen LogP contribution in [-0.2, 0) is 16.0 Å². The summed E-state index contributed by atoms with van der Waals surface area (Å²) in [4.78, 5) is 13.7. The zero-order valence-electron chi connectivity index (χ0n) is 11.7. The van der Waals surface area contributed by atoms with E-state index < -0.39 is 0 Å². The van der Waals surface area contributed by atoms with Gasteiger partial charge in [0.25, 0.3) is 0 Å². The van der Waals surface area contributed by atoms with Crippen molar-refractivity contribution in [3.8, 4) is 0 Å². The molecule has 1 aromatic carbocycles. The number of carbonyl (C=O) groups excluding carboxylic acids is 1. The van der Waals surface area contributed by atoms with Crippen LogP contribution in [0.5, 0.6) is 0 Å². The minimum Gasteiger partial charge on any atom is -0.371 e. The first-order valence-electron chi connectivity index (χ1n) is 6.91. The normalized spacial score (nSPS) is 18.4. The highest BCUT2D eigenvalue weighted by molar-refractivity contribution is 5.85. The number of nitrogens with two attached hydrogens (primary N) is 1. The molecule has 0 aliphatic carbocycles. The lowest BCUT2D eigenvalue weighted by atomic mass is 10.1. The Morgan fingerprint density at radius 2 is 2.10 bits per heavy atom. The number of benzene rings is 1. The molecule has 0 aromatic heterocycles. The Kier molecular flexibility index (Phi) is 7.59. The molecule has 0 spiro atoms. The predicted molar refractivity (Wildman–Crippen MR) is 82.0 cm³/mol. The minimum absolute atomic E-state index is 0. The molecule has 1 aliphatic rings. The largest absolute Gasteiger partial charge is 0.371 e. The molecular weight excluding hydrogens is 276 g/mol. The Hall–Kier alpha value is -1.10. The first-order chi connectivity index (χ1) is 9.25. The van der Waals surface area contributed by atoms with Crippen molar-refractivity contribution >= 4 is 18.3 Å². The Balaban J connectivity index is 0.00000200. The fourth-order valence-electron chi connectivity index (χ4n) is 2.32. The summed E-state index contributed by atoms with van der Waals surface area (Å²) in [6.45, 7) is 2.23. The summed E-state index contributed by atoms with van der Waals surface area (Å²) in [5, 5.41) is 0. The molecule has 1 unspecified atom stereocenters. The van der Waals surface area contributed by atoms with Crippen molar-refractivity contribution in [3.05, 3.63) is 35.9 Å². The van der Waals surface area contributed by atoms with Gasteiger partial charge < -0.3 is 15.4 Å². The molecule has 1 heterocycles. The fraction of sp³-hybridized carbons (Fsp3) is 0.533. The van der Waals surface area contributed by atoms with Crippen molar-refractivity contribution in [2.75, 3.05) is 26.3 Å². The zero-order chi connectivity index (χ0) is 13.5. The van der Waals surface area contributed by atoms with Crippen LogP contribution in [0.25, 0.3) is 0 Å². The monoisotopic (exact) mass is 298 g/mol. The van der Waals surface area contributed by atoms with Crippen LogP contribution in [-0.4, -0.2) is 43.2 Å². The quantitative estimate of drug-likeness (QED) is 0.841. The Labute approximate surface area is 126 Å². The lowest BCUT2D eigenvalue weighted by molar-refractivity contribution is -0.137. The second-order valence-electron chi connectivity index (χ2n) is 5.03. The lowest BCUT2D eigenvalue weighted by Crippen LogP contribution is -2.47. The summed E-state index contributed by atoms with van der Waals surface area (Å²) >= 11 is 0. The topological polar surface area (TPSA) is 55.6 Å². The lowest BCUT2D eigenvalue weighted by Gasteiger charge is -2.30. The molecule has 0 bridgehead atoms. The van der Waals surface area contributed by atoms with Gasteiger partial charge in [0, 0.05) is 19.1 Å².